The molecule has 0 bridgehead atoms. The number of methoxy groups -OCH3 is 2. The number of rotatable bonds is 11. The van der Waals surface area contributed by atoms with Crippen molar-refractivity contribution in [1.29, 1.82) is 0 Å². The van der Waals surface area contributed by atoms with E-state index in [9.17, 15) is 8.42 Å². The van der Waals surface area contributed by atoms with E-state index in [0.29, 0.717) is 12.8 Å². The smallest absolute Gasteiger partial charge is 0.217 e. The monoisotopic (exact) mass is 407 g/mol. The molecule has 6 nitrogen and oxygen atoms in total. The number of sulfonamides is 1. The predicted octanol–water partition coefficient (Wildman–Crippen LogP) is 3.20. The van der Waals surface area contributed by atoms with E-state index in [2.05, 4.69) is 0 Å². The summed E-state index contributed by atoms with van der Waals surface area (Å²) in [5.41, 5.74) is 1.76. The lowest BCUT2D eigenvalue weighted by Gasteiger charge is -2.26. The highest BCUT2D eigenvalue weighted by molar-refractivity contribution is 7.89. The van der Waals surface area contributed by atoms with Crippen LogP contribution >= 0.6 is 0 Å². The normalized spacial score (nSPS) is 12.8. The first-order valence-corrected chi connectivity index (χ1v) is 10.8. The summed E-state index contributed by atoms with van der Waals surface area (Å²) in [5.74, 6) is 1.45. The van der Waals surface area contributed by atoms with Crippen LogP contribution in [0, 0.1) is 0 Å². The summed E-state index contributed by atoms with van der Waals surface area (Å²) in [6.45, 7) is 2.21. The standard InChI is InChI=1S/C21H29NO5S/c1-17(5-4-14-23)28(24,25)22(15-18-6-10-20(26-2)11-7-18)16-19-8-12-21(27-3)13-9-19/h6-13,17,23H,4-5,14-16H2,1-3H3/t17-/m1/s1. The van der Waals surface area contributed by atoms with Crippen LogP contribution in [0.5, 0.6) is 11.5 Å². The first-order valence-electron chi connectivity index (χ1n) is 9.26. The van der Waals surface area contributed by atoms with Crippen molar-refractivity contribution in [1.82, 2.24) is 4.31 Å². The SMILES string of the molecule is COc1ccc(CN(Cc2ccc(OC)cc2)S(=O)(=O)[C@H](C)CCCO)cc1. The molecule has 2 aromatic carbocycles. The number of nitrogens with zero attached hydrogens (tertiary/aromatic N) is 1. The van der Waals surface area contributed by atoms with Gasteiger partial charge in [-0.05, 0) is 55.2 Å². The van der Waals surface area contributed by atoms with Crippen LogP contribution in [0.25, 0.3) is 0 Å². The second-order valence-corrected chi connectivity index (χ2v) is 9.04. The minimum atomic E-state index is -3.54. The molecule has 0 radical (unpaired) electrons. The van der Waals surface area contributed by atoms with Gasteiger partial charge in [0.25, 0.3) is 0 Å². The molecule has 0 aliphatic rings. The van der Waals surface area contributed by atoms with Crippen molar-refractivity contribution < 1.29 is 23.0 Å². The van der Waals surface area contributed by atoms with Crippen LogP contribution in [0.1, 0.15) is 30.9 Å². The molecule has 2 rings (SSSR count). The maximum absolute atomic E-state index is 13.2. The van der Waals surface area contributed by atoms with Crippen LogP contribution in [0.2, 0.25) is 0 Å². The van der Waals surface area contributed by atoms with Crippen LogP contribution in [-0.4, -0.2) is 43.9 Å². The van der Waals surface area contributed by atoms with Crippen LogP contribution in [0.3, 0.4) is 0 Å². The first kappa shape index (κ1) is 22.2. The van der Waals surface area contributed by atoms with Crippen molar-refractivity contribution in [2.75, 3.05) is 20.8 Å². The Balaban J connectivity index is 2.26. The topological polar surface area (TPSA) is 76.1 Å². The molecule has 0 aromatic heterocycles. The summed E-state index contributed by atoms with van der Waals surface area (Å²) < 4.78 is 38.2. The lowest BCUT2D eigenvalue weighted by atomic mass is 10.2. The number of ether oxygens (including phenoxy) is 2. The van der Waals surface area contributed by atoms with Crippen LogP contribution in [0.15, 0.2) is 48.5 Å². The zero-order valence-electron chi connectivity index (χ0n) is 16.7. The van der Waals surface area contributed by atoms with Gasteiger partial charge in [-0.1, -0.05) is 24.3 Å². The maximum Gasteiger partial charge on any atom is 0.217 e. The Morgan fingerprint density at radius 2 is 1.32 bits per heavy atom. The third kappa shape index (κ3) is 5.95. The van der Waals surface area contributed by atoms with Crippen LogP contribution in [-0.2, 0) is 23.1 Å². The highest BCUT2D eigenvalue weighted by Gasteiger charge is 2.28. The van der Waals surface area contributed by atoms with Crippen LogP contribution in [0.4, 0.5) is 0 Å². The fourth-order valence-corrected chi connectivity index (χ4v) is 4.52. The summed E-state index contributed by atoms with van der Waals surface area (Å²) in [6, 6.07) is 14.8. The minimum Gasteiger partial charge on any atom is -0.497 e. The molecule has 0 aliphatic heterocycles. The number of benzene rings is 2. The van der Waals surface area contributed by atoms with Gasteiger partial charge in [-0.3, -0.25) is 0 Å². The second-order valence-electron chi connectivity index (χ2n) is 6.69. The number of aliphatic hydroxyl groups excluding tert-OH is 1. The highest BCUT2D eigenvalue weighted by Crippen LogP contribution is 2.22. The Kier molecular flexibility index (Phi) is 8.29. The molecular weight excluding hydrogens is 378 g/mol. The Labute approximate surface area is 167 Å². The Hall–Kier alpha value is -2.09. The highest BCUT2D eigenvalue weighted by atomic mass is 32.2. The largest absolute Gasteiger partial charge is 0.497 e. The molecule has 1 atom stereocenters. The van der Waals surface area contributed by atoms with E-state index in [1.165, 1.54) is 4.31 Å². The van der Waals surface area contributed by atoms with Gasteiger partial charge in [0.05, 0.1) is 19.5 Å². The van der Waals surface area contributed by atoms with Crippen molar-refractivity contribution in [3.05, 3.63) is 59.7 Å². The van der Waals surface area contributed by atoms with Crippen molar-refractivity contribution in [2.24, 2.45) is 0 Å². The lowest BCUT2D eigenvalue weighted by molar-refractivity contribution is 0.283. The minimum absolute atomic E-state index is 0.0170. The number of hydrogen-bond donors (Lipinski definition) is 1. The predicted molar refractivity (Wildman–Crippen MR) is 110 cm³/mol. The van der Waals surface area contributed by atoms with Gasteiger partial charge >= 0.3 is 0 Å². The molecule has 1 N–H and O–H groups in total. The molecule has 0 unspecified atom stereocenters. The van der Waals surface area contributed by atoms with Crippen molar-refractivity contribution >= 4 is 10.0 Å². The fraction of sp³-hybridized carbons (Fsp3) is 0.429. The van der Waals surface area contributed by atoms with Crippen LogP contribution < -0.4 is 9.47 Å². The zero-order valence-corrected chi connectivity index (χ0v) is 17.5. The summed E-state index contributed by atoms with van der Waals surface area (Å²) in [5, 5.41) is 8.48. The second kappa shape index (κ2) is 10.5. The van der Waals surface area contributed by atoms with Gasteiger partial charge in [-0.2, -0.15) is 4.31 Å². The first-order chi connectivity index (χ1) is 13.4. The molecular formula is C21H29NO5S. The van der Waals surface area contributed by atoms with Gasteiger partial charge in [0.15, 0.2) is 0 Å². The molecule has 2 aromatic rings. The zero-order chi connectivity index (χ0) is 20.6. The molecule has 28 heavy (non-hydrogen) atoms. The van der Waals surface area contributed by atoms with Gasteiger partial charge in [0.2, 0.25) is 10.0 Å². The summed E-state index contributed by atoms with van der Waals surface area (Å²) >= 11 is 0. The number of hydrogen-bond acceptors (Lipinski definition) is 5. The van der Waals surface area contributed by atoms with Crippen molar-refractivity contribution in [3.63, 3.8) is 0 Å². The van der Waals surface area contributed by atoms with E-state index in [1.54, 1.807) is 21.1 Å². The third-order valence-electron chi connectivity index (χ3n) is 4.67. The van der Waals surface area contributed by atoms with E-state index in [0.717, 1.165) is 22.6 Å². The Morgan fingerprint density at radius 3 is 1.68 bits per heavy atom. The van der Waals surface area contributed by atoms with Gasteiger partial charge in [-0.25, -0.2) is 8.42 Å². The molecule has 0 saturated carbocycles. The van der Waals surface area contributed by atoms with E-state index < -0.39 is 15.3 Å². The Bertz CT molecular complexity index is 769. The molecule has 154 valence electrons. The molecule has 0 amide bonds. The molecule has 0 fully saturated rings. The summed E-state index contributed by atoms with van der Waals surface area (Å²) in [6.07, 6.45) is 0.875. The lowest BCUT2D eigenvalue weighted by Crippen LogP contribution is -2.36. The quantitative estimate of drug-likeness (QED) is 0.619. The maximum atomic E-state index is 13.2. The summed E-state index contributed by atoms with van der Waals surface area (Å²) in [7, 11) is -0.350. The Morgan fingerprint density at radius 1 is 0.893 bits per heavy atom. The average molecular weight is 408 g/mol. The van der Waals surface area contributed by atoms with Gasteiger partial charge in [-0.15, -0.1) is 0 Å². The van der Waals surface area contributed by atoms with Crippen molar-refractivity contribution in [3.8, 4) is 11.5 Å². The molecule has 7 heteroatoms. The molecule has 0 saturated heterocycles. The molecule has 0 heterocycles. The van der Waals surface area contributed by atoms with E-state index in [4.69, 9.17) is 14.6 Å². The van der Waals surface area contributed by atoms with E-state index >= 15 is 0 Å². The van der Waals surface area contributed by atoms with Gasteiger partial charge < -0.3 is 14.6 Å². The number of aliphatic hydroxyl groups is 1. The average Bonchev–Trinajstić information content (AvgIpc) is 2.72. The summed E-state index contributed by atoms with van der Waals surface area (Å²) in [4.78, 5) is 0. The van der Waals surface area contributed by atoms with Crippen molar-refractivity contribution in [2.45, 2.75) is 38.1 Å². The molecule has 0 spiro atoms. The molecule has 0 aliphatic carbocycles. The fourth-order valence-electron chi connectivity index (χ4n) is 2.89. The van der Waals surface area contributed by atoms with Gasteiger partial charge in [0, 0.05) is 19.7 Å². The van der Waals surface area contributed by atoms with E-state index in [1.807, 2.05) is 48.5 Å². The van der Waals surface area contributed by atoms with E-state index in [-0.39, 0.29) is 19.7 Å². The third-order valence-corrected chi connectivity index (χ3v) is 6.90. The van der Waals surface area contributed by atoms with Gasteiger partial charge in [0.1, 0.15) is 11.5 Å².